The van der Waals surface area contributed by atoms with Crippen molar-refractivity contribution < 1.29 is 14.3 Å². The highest BCUT2D eigenvalue weighted by molar-refractivity contribution is 6.31. The van der Waals surface area contributed by atoms with Gasteiger partial charge in [0.25, 0.3) is 0 Å². The number of carbonyl (C=O) groups excluding carboxylic acids is 1. The second kappa shape index (κ2) is 10.7. The summed E-state index contributed by atoms with van der Waals surface area (Å²) < 4.78 is 11.2. The zero-order chi connectivity index (χ0) is 24.9. The highest BCUT2D eigenvalue weighted by atomic mass is 35.5. The molecular formula is C29H26ClN3O3. The second-order valence-corrected chi connectivity index (χ2v) is 9.02. The number of aromatic nitrogens is 1. The van der Waals surface area contributed by atoms with Gasteiger partial charge >= 0.3 is 5.97 Å². The van der Waals surface area contributed by atoms with E-state index >= 15 is 0 Å². The van der Waals surface area contributed by atoms with Crippen LogP contribution in [0.4, 0.5) is 11.4 Å². The number of methoxy groups -OCH3 is 1. The molecule has 5 rings (SSSR count). The van der Waals surface area contributed by atoms with Gasteiger partial charge in [-0.1, -0.05) is 41.9 Å². The minimum absolute atomic E-state index is 0.0540. The van der Waals surface area contributed by atoms with Crippen molar-refractivity contribution in [1.82, 2.24) is 4.98 Å². The number of ether oxygens (including phenoxy) is 2. The number of pyridine rings is 1. The van der Waals surface area contributed by atoms with E-state index in [1.165, 1.54) is 7.11 Å². The quantitative estimate of drug-likeness (QED) is 0.297. The van der Waals surface area contributed by atoms with E-state index < -0.39 is 0 Å². The van der Waals surface area contributed by atoms with Crippen molar-refractivity contribution in [2.45, 2.75) is 12.6 Å². The topological polar surface area (TPSA) is 63.7 Å². The van der Waals surface area contributed by atoms with Gasteiger partial charge in [0.2, 0.25) is 0 Å². The molecule has 0 aliphatic carbocycles. The van der Waals surface area contributed by atoms with Gasteiger partial charge in [-0.25, -0.2) is 4.79 Å². The van der Waals surface area contributed by atoms with Gasteiger partial charge in [0.1, 0.15) is 11.9 Å². The molecule has 7 heteroatoms. The number of nitrogens with one attached hydrogen (secondary N) is 1. The van der Waals surface area contributed by atoms with E-state index in [9.17, 15) is 4.79 Å². The molecule has 1 saturated heterocycles. The lowest BCUT2D eigenvalue weighted by molar-refractivity contribution is 0.0601. The molecule has 1 N–H and O–H groups in total. The van der Waals surface area contributed by atoms with Crippen LogP contribution in [0, 0.1) is 0 Å². The number of anilines is 2. The lowest BCUT2D eigenvalue weighted by Gasteiger charge is -2.42. The van der Waals surface area contributed by atoms with E-state index in [1.54, 1.807) is 18.5 Å². The first-order valence-corrected chi connectivity index (χ1v) is 12.1. The molecule has 36 heavy (non-hydrogen) atoms. The molecule has 6 nitrogen and oxygen atoms in total. The normalized spacial score (nSPS) is 13.1. The largest absolute Gasteiger partial charge is 0.487 e. The summed E-state index contributed by atoms with van der Waals surface area (Å²) >= 11 is 6.26. The van der Waals surface area contributed by atoms with Crippen LogP contribution >= 0.6 is 11.6 Å². The fourth-order valence-electron chi connectivity index (χ4n) is 4.29. The van der Waals surface area contributed by atoms with Gasteiger partial charge in [-0.3, -0.25) is 4.98 Å². The van der Waals surface area contributed by atoms with Crippen LogP contribution < -0.4 is 15.0 Å². The van der Waals surface area contributed by atoms with Crippen molar-refractivity contribution in [2.75, 3.05) is 30.4 Å². The Balaban J connectivity index is 1.25. The molecule has 1 fully saturated rings. The minimum atomic E-state index is -0.377. The number of hydrogen-bond acceptors (Lipinski definition) is 6. The molecule has 4 aromatic rings. The van der Waals surface area contributed by atoms with Crippen LogP contribution in [-0.4, -0.2) is 37.3 Å². The molecule has 0 radical (unpaired) electrons. The molecule has 0 saturated carbocycles. The number of rotatable bonds is 8. The van der Waals surface area contributed by atoms with Crippen LogP contribution in [-0.2, 0) is 11.3 Å². The van der Waals surface area contributed by atoms with Crippen LogP contribution in [0.25, 0.3) is 11.1 Å². The van der Waals surface area contributed by atoms with E-state index in [0.717, 1.165) is 33.8 Å². The first-order chi connectivity index (χ1) is 17.6. The molecule has 1 aliphatic heterocycles. The first kappa shape index (κ1) is 23.7. The molecule has 0 amide bonds. The maximum absolute atomic E-state index is 12.5. The lowest BCUT2D eigenvalue weighted by Crippen LogP contribution is -2.54. The van der Waals surface area contributed by atoms with Gasteiger partial charge in [0.15, 0.2) is 0 Å². The van der Waals surface area contributed by atoms with Gasteiger partial charge in [0.05, 0.1) is 31.5 Å². The Morgan fingerprint density at radius 1 is 1.06 bits per heavy atom. The van der Waals surface area contributed by atoms with Crippen molar-refractivity contribution in [2.24, 2.45) is 0 Å². The predicted molar refractivity (Wildman–Crippen MR) is 143 cm³/mol. The molecule has 3 aromatic carbocycles. The minimum Gasteiger partial charge on any atom is -0.487 e. The zero-order valence-electron chi connectivity index (χ0n) is 19.9. The van der Waals surface area contributed by atoms with Crippen molar-refractivity contribution in [1.29, 1.82) is 0 Å². The summed E-state index contributed by atoms with van der Waals surface area (Å²) in [6.45, 7) is 2.14. The first-order valence-electron chi connectivity index (χ1n) is 11.7. The Kier molecular flexibility index (Phi) is 7.05. The smallest absolute Gasteiger partial charge is 0.338 e. The van der Waals surface area contributed by atoms with Gasteiger partial charge in [-0.15, -0.1) is 0 Å². The maximum atomic E-state index is 12.5. The molecule has 1 aromatic heterocycles. The third-order valence-corrected chi connectivity index (χ3v) is 6.37. The number of carbonyl (C=O) groups is 1. The Morgan fingerprint density at radius 3 is 2.58 bits per heavy atom. The van der Waals surface area contributed by atoms with Crippen molar-refractivity contribution in [3.8, 4) is 16.9 Å². The number of nitrogens with zero attached hydrogens (tertiary/aromatic N) is 2. The monoisotopic (exact) mass is 499 g/mol. The van der Waals surface area contributed by atoms with Crippen LogP contribution in [0.5, 0.6) is 5.75 Å². The van der Waals surface area contributed by atoms with E-state index in [-0.39, 0.29) is 12.1 Å². The standard InChI is InChI=1S/C29H26ClN3O3/c1-35-29(34)26-8-3-9-27(28(26)21-5-2-6-22(30)15-21)33-18-25(19-33)36-24-12-10-20(11-13-24)16-32-23-7-4-14-31-17-23/h2-15,17,25,32H,16,18-19H2,1H3. The Morgan fingerprint density at radius 2 is 1.86 bits per heavy atom. The molecule has 0 unspecified atom stereocenters. The van der Waals surface area contributed by atoms with Crippen molar-refractivity contribution in [3.05, 3.63) is 107 Å². The molecule has 2 heterocycles. The molecule has 182 valence electrons. The van der Waals surface area contributed by atoms with Crippen LogP contribution in [0.1, 0.15) is 15.9 Å². The van der Waals surface area contributed by atoms with Crippen LogP contribution in [0.15, 0.2) is 91.3 Å². The van der Waals surface area contributed by atoms with E-state index in [0.29, 0.717) is 30.2 Å². The maximum Gasteiger partial charge on any atom is 0.338 e. The number of hydrogen-bond donors (Lipinski definition) is 1. The summed E-state index contributed by atoms with van der Waals surface area (Å²) in [4.78, 5) is 18.9. The summed E-state index contributed by atoms with van der Waals surface area (Å²) in [5, 5.41) is 3.97. The average Bonchev–Trinajstić information content (AvgIpc) is 2.89. The van der Waals surface area contributed by atoms with Crippen molar-refractivity contribution in [3.63, 3.8) is 0 Å². The molecular weight excluding hydrogens is 474 g/mol. The second-order valence-electron chi connectivity index (χ2n) is 8.59. The Hall–Kier alpha value is -4.03. The van der Waals surface area contributed by atoms with Gasteiger partial charge < -0.3 is 19.7 Å². The van der Waals surface area contributed by atoms with E-state index in [4.69, 9.17) is 21.1 Å². The van der Waals surface area contributed by atoms with Gasteiger partial charge in [-0.05, 0) is 59.7 Å². The highest BCUT2D eigenvalue weighted by Crippen LogP contribution is 2.38. The van der Waals surface area contributed by atoms with Crippen LogP contribution in [0.2, 0.25) is 5.02 Å². The summed E-state index contributed by atoms with van der Waals surface area (Å²) in [6, 6.07) is 25.2. The van der Waals surface area contributed by atoms with E-state index in [2.05, 4.69) is 27.3 Å². The van der Waals surface area contributed by atoms with Crippen molar-refractivity contribution >= 4 is 28.9 Å². The summed E-state index contributed by atoms with van der Waals surface area (Å²) in [7, 11) is 1.39. The third kappa shape index (κ3) is 5.29. The Labute approximate surface area is 215 Å². The zero-order valence-corrected chi connectivity index (χ0v) is 20.6. The fraction of sp³-hybridized carbons (Fsp3) is 0.172. The number of halogens is 1. The van der Waals surface area contributed by atoms with Crippen LogP contribution in [0.3, 0.4) is 0 Å². The summed E-state index contributed by atoms with van der Waals surface area (Å²) in [5.74, 6) is 0.460. The average molecular weight is 500 g/mol. The van der Waals surface area contributed by atoms with E-state index in [1.807, 2.05) is 60.7 Å². The summed E-state index contributed by atoms with van der Waals surface area (Å²) in [6.07, 6.45) is 3.61. The predicted octanol–water partition coefficient (Wildman–Crippen LogP) is 6.07. The molecule has 0 bridgehead atoms. The van der Waals surface area contributed by atoms with Gasteiger partial charge in [-0.2, -0.15) is 0 Å². The highest BCUT2D eigenvalue weighted by Gasteiger charge is 2.32. The SMILES string of the molecule is COC(=O)c1cccc(N2CC(Oc3ccc(CNc4cccnc4)cc3)C2)c1-c1cccc(Cl)c1. The third-order valence-electron chi connectivity index (χ3n) is 6.13. The molecule has 1 aliphatic rings. The molecule has 0 spiro atoms. The Bertz CT molecular complexity index is 1340. The fourth-order valence-corrected chi connectivity index (χ4v) is 4.48. The summed E-state index contributed by atoms with van der Waals surface area (Å²) in [5.41, 5.74) is 5.30. The number of benzene rings is 3. The lowest BCUT2D eigenvalue weighted by atomic mass is 9.95. The molecule has 0 atom stereocenters. The number of esters is 1. The van der Waals surface area contributed by atoms with Gasteiger partial charge in [0, 0.05) is 35.2 Å².